The van der Waals surface area contributed by atoms with Crippen LogP contribution >= 0.6 is 0 Å². The lowest BCUT2D eigenvalue weighted by Crippen LogP contribution is -2.38. The summed E-state index contributed by atoms with van der Waals surface area (Å²) < 4.78 is 0. The summed E-state index contributed by atoms with van der Waals surface area (Å²) in [5.74, 6) is -2.08. The van der Waals surface area contributed by atoms with E-state index in [4.69, 9.17) is 10.2 Å². The fourth-order valence-corrected chi connectivity index (χ4v) is 1.34. The molecule has 1 amide bonds. The van der Waals surface area contributed by atoms with Crippen LogP contribution in [0, 0.1) is 11.8 Å². The van der Waals surface area contributed by atoms with Gasteiger partial charge in [0.1, 0.15) is 0 Å². The van der Waals surface area contributed by atoms with Gasteiger partial charge in [-0.05, 0) is 12.8 Å². The highest BCUT2D eigenvalue weighted by Crippen LogP contribution is 2.38. The van der Waals surface area contributed by atoms with Crippen molar-refractivity contribution in [2.45, 2.75) is 25.8 Å². The molecule has 1 saturated carbocycles. The first kappa shape index (κ1) is 11.0. The van der Waals surface area contributed by atoms with Gasteiger partial charge in [-0.3, -0.25) is 9.59 Å². The molecule has 0 bridgehead atoms. The van der Waals surface area contributed by atoms with Gasteiger partial charge in [0.05, 0.1) is 24.5 Å². The van der Waals surface area contributed by atoms with Crippen molar-refractivity contribution in [2.75, 3.05) is 6.61 Å². The van der Waals surface area contributed by atoms with Crippen LogP contribution < -0.4 is 5.32 Å². The lowest BCUT2D eigenvalue weighted by atomic mass is 10.2. The normalized spacial score (nSPS) is 26.7. The summed E-state index contributed by atoms with van der Waals surface area (Å²) in [5, 5.41) is 20.0. The van der Waals surface area contributed by atoms with Crippen LogP contribution in [0.1, 0.15) is 19.8 Å². The molecular weight excluding hydrogens is 186 g/mol. The number of rotatable bonds is 5. The van der Waals surface area contributed by atoms with Crippen molar-refractivity contribution in [3.05, 3.63) is 0 Å². The van der Waals surface area contributed by atoms with Crippen molar-refractivity contribution in [1.82, 2.24) is 5.32 Å². The minimum Gasteiger partial charge on any atom is -0.481 e. The summed E-state index contributed by atoms with van der Waals surface area (Å²) in [7, 11) is 0. The molecule has 80 valence electrons. The zero-order chi connectivity index (χ0) is 10.7. The first-order valence-corrected chi connectivity index (χ1v) is 4.74. The fraction of sp³-hybridized carbons (Fsp3) is 0.778. The number of hydrogen-bond acceptors (Lipinski definition) is 3. The maximum Gasteiger partial charge on any atom is 0.307 e. The molecule has 2 unspecified atom stereocenters. The predicted octanol–water partition coefficient (Wildman–Crippen LogP) is -0.406. The van der Waals surface area contributed by atoms with Gasteiger partial charge in [-0.25, -0.2) is 0 Å². The first-order valence-electron chi connectivity index (χ1n) is 4.74. The molecule has 0 aromatic carbocycles. The monoisotopic (exact) mass is 201 g/mol. The van der Waals surface area contributed by atoms with E-state index in [0.29, 0.717) is 12.8 Å². The van der Waals surface area contributed by atoms with Crippen LogP contribution in [-0.4, -0.2) is 34.7 Å². The Bertz CT molecular complexity index is 237. The quantitative estimate of drug-likeness (QED) is 0.564. The average molecular weight is 201 g/mol. The Morgan fingerprint density at radius 3 is 2.50 bits per heavy atom. The van der Waals surface area contributed by atoms with Gasteiger partial charge >= 0.3 is 5.97 Å². The summed E-state index contributed by atoms with van der Waals surface area (Å²) in [5.41, 5.74) is 0. The number of carbonyl (C=O) groups excluding carboxylic acids is 1. The lowest BCUT2D eigenvalue weighted by molar-refractivity contribution is -0.140. The Hall–Kier alpha value is -1.10. The van der Waals surface area contributed by atoms with E-state index in [1.165, 1.54) is 0 Å². The van der Waals surface area contributed by atoms with E-state index in [0.717, 1.165) is 0 Å². The maximum atomic E-state index is 11.4. The van der Waals surface area contributed by atoms with Crippen LogP contribution in [-0.2, 0) is 9.59 Å². The largest absolute Gasteiger partial charge is 0.481 e. The number of aliphatic hydroxyl groups excluding tert-OH is 1. The van der Waals surface area contributed by atoms with Gasteiger partial charge < -0.3 is 15.5 Å². The second-order valence-corrected chi connectivity index (χ2v) is 3.58. The van der Waals surface area contributed by atoms with Gasteiger partial charge in [-0.1, -0.05) is 6.92 Å². The lowest BCUT2D eigenvalue weighted by Gasteiger charge is -2.13. The number of aliphatic carboxylic acids is 1. The summed E-state index contributed by atoms with van der Waals surface area (Å²) >= 11 is 0. The van der Waals surface area contributed by atoms with Crippen molar-refractivity contribution >= 4 is 11.9 Å². The highest BCUT2D eigenvalue weighted by Gasteiger charge is 2.48. The maximum absolute atomic E-state index is 11.4. The molecule has 0 saturated heterocycles. The molecule has 0 radical (unpaired) electrons. The van der Waals surface area contributed by atoms with Crippen LogP contribution in [0.25, 0.3) is 0 Å². The van der Waals surface area contributed by atoms with Crippen molar-refractivity contribution in [3.63, 3.8) is 0 Å². The van der Waals surface area contributed by atoms with Crippen LogP contribution in [0.15, 0.2) is 0 Å². The Kier molecular flexibility index (Phi) is 3.46. The number of aliphatic hydroxyl groups is 1. The van der Waals surface area contributed by atoms with Crippen LogP contribution in [0.4, 0.5) is 0 Å². The number of carboxylic acid groups (broad SMARTS) is 1. The summed E-state index contributed by atoms with van der Waals surface area (Å²) in [4.78, 5) is 21.8. The van der Waals surface area contributed by atoms with Crippen molar-refractivity contribution in [2.24, 2.45) is 11.8 Å². The fourth-order valence-electron chi connectivity index (χ4n) is 1.34. The van der Waals surface area contributed by atoms with E-state index in [1.807, 2.05) is 6.92 Å². The molecule has 1 aliphatic carbocycles. The molecule has 14 heavy (non-hydrogen) atoms. The molecule has 0 aromatic rings. The molecule has 1 aliphatic rings. The van der Waals surface area contributed by atoms with Crippen molar-refractivity contribution in [3.8, 4) is 0 Å². The molecule has 3 atom stereocenters. The van der Waals surface area contributed by atoms with Gasteiger partial charge in [-0.2, -0.15) is 0 Å². The third-order valence-corrected chi connectivity index (χ3v) is 2.50. The Labute approximate surface area is 82.1 Å². The molecule has 0 aromatic heterocycles. The van der Waals surface area contributed by atoms with E-state index in [1.54, 1.807) is 0 Å². The zero-order valence-electron chi connectivity index (χ0n) is 8.06. The third kappa shape index (κ3) is 2.45. The zero-order valence-corrected chi connectivity index (χ0v) is 8.06. The molecule has 3 N–H and O–H groups in total. The summed E-state index contributed by atoms with van der Waals surface area (Å²) in [6.45, 7) is 1.75. The highest BCUT2D eigenvalue weighted by atomic mass is 16.4. The van der Waals surface area contributed by atoms with Crippen LogP contribution in [0.3, 0.4) is 0 Å². The van der Waals surface area contributed by atoms with Gasteiger partial charge in [0.25, 0.3) is 0 Å². The van der Waals surface area contributed by atoms with Crippen molar-refractivity contribution < 1.29 is 19.8 Å². The third-order valence-electron chi connectivity index (χ3n) is 2.50. The number of carboxylic acids is 1. The molecule has 1 rings (SSSR count). The van der Waals surface area contributed by atoms with Gasteiger partial charge in [-0.15, -0.1) is 0 Å². The Balaban J connectivity index is 2.34. The predicted molar refractivity (Wildman–Crippen MR) is 48.5 cm³/mol. The van der Waals surface area contributed by atoms with E-state index in [9.17, 15) is 9.59 Å². The van der Waals surface area contributed by atoms with Gasteiger partial charge in [0.2, 0.25) is 5.91 Å². The topological polar surface area (TPSA) is 86.6 Å². The molecule has 5 heteroatoms. The van der Waals surface area contributed by atoms with E-state index >= 15 is 0 Å². The first-order chi connectivity index (χ1) is 6.60. The highest BCUT2D eigenvalue weighted by molar-refractivity contribution is 5.89. The van der Waals surface area contributed by atoms with Crippen LogP contribution in [0.5, 0.6) is 0 Å². The van der Waals surface area contributed by atoms with E-state index in [2.05, 4.69) is 5.32 Å². The average Bonchev–Trinajstić information content (AvgIpc) is 2.93. The molecule has 0 heterocycles. The minimum atomic E-state index is -0.915. The molecule has 1 fully saturated rings. The van der Waals surface area contributed by atoms with Gasteiger partial charge in [0, 0.05) is 0 Å². The SMILES string of the molecule is CC[C@@H](CO)NC(=O)C1CC1C(=O)O. The number of carbonyl (C=O) groups is 2. The molecule has 5 nitrogen and oxygen atoms in total. The molecule has 0 aliphatic heterocycles. The summed E-state index contributed by atoms with van der Waals surface area (Å²) in [6, 6.07) is -0.252. The van der Waals surface area contributed by atoms with Crippen molar-refractivity contribution in [1.29, 1.82) is 0 Å². The summed E-state index contributed by atoms with van der Waals surface area (Å²) in [6.07, 6.45) is 1.07. The second kappa shape index (κ2) is 4.41. The Morgan fingerprint density at radius 1 is 1.50 bits per heavy atom. The smallest absolute Gasteiger partial charge is 0.307 e. The second-order valence-electron chi connectivity index (χ2n) is 3.58. The van der Waals surface area contributed by atoms with Crippen LogP contribution in [0.2, 0.25) is 0 Å². The number of amides is 1. The molecule has 0 spiro atoms. The molecular formula is C9H15NO4. The van der Waals surface area contributed by atoms with E-state index < -0.39 is 17.8 Å². The number of hydrogen-bond donors (Lipinski definition) is 3. The Morgan fingerprint density at radius 2 is 2.14 bits per heavy atom. The number of nitrogens with one attached hydrogen (secondary N) is 1. The van der Waals surface area contributed by atoms with E-state index in [-0.39, 0.29) is 18.6 Å². The minimum absolute atomic E-state index is 0.104. The van der Waals surface area contributed by atoms with Gasteiger partial charge in [0.15, 0.2) is 0 Å². The standard InChI is InChI=1S/C9H15NO4/c1-2-5(4-11)10-8(12)6-3-7(6)9(13)14/h5-7,11H,2-4H2,1H3,(H,10,12)(H,13,14)/t5-,6?,7?/m0/s1.